The third-order valence-corrected chi connectivity index (χ3v) is 11.5. The first-order valence-corrected chi connectivity index (χ1v) is 22.2. The second-order valence-electron chi connectivity index (χ2n) is 16.3. The molecule has 0 aliphatic carbocycles. The van der Waals surface area contributed by atoms with Crippen LogP contribution >= 0.6 is 0 Å². The molecule has 6 rings (SSSR count). The number of benzene rings is 4. The van der Waals surface area contributed by atoms with Gasteiger partial charge in [-0.05, 0) is 65.6 Å². The van der Waals surface area contributed by atoms with E-state index in [1.54, 1.807) is 29.2 Å². The van der Waals surface area contributed by atoms with E-state index in [1.165, 1.54) is 6.08 Å². The Bertz CT molecular complexity index is 2260. The monoisotopic (exact) mass is 885 g/mol. The van der Waals surface area contributed by atoms with Crippen LogP contribution in [0, 0.1) is 5.41 Å². The molecule has 1 saturated heterocycles. The summed E-state index contributed by atoms with van der Waals surface area (Å²) in [5.41, 5.74) is 8.37. The second kappa shape index (κ2) is 24.3. The van der Waals surface area contributed by atoms with Crippen LogP contribution in [-0.2, 0) is 65.9 Å². The highest BCUT2D eigenvalue weighted by Crippen LogP contribution is 2.35. The number of fused-ring (bicyclic) bond motifs is 3. The number of carbonyl (C=O) groups is 6. The number of carbonyl (C=O) groups excluding carboxylic acids is 6. The summed E-state index contributed by atoms with van der Waals surface area (Å²) in [4.78, 5) is 84.4. The Balaban J connectivity index is 1.28. The van der Waals surface area contributed by atoms with Crippen LogP contribution in [0.2, 0.25) is 0 Å². The smallest absolute Gasteiger partial charge is 0.246 e. The van der Waals surface area contributed by atoms with Crippen LogP contribution in [0.25, 0.3) is 0 Å². The standard InChI is InChI=1S/C50H59N7O8/c51-24-28-64-29-26-53-47(61)42-22-25-52-44(58)20-21-46(60)57-27-9-23-50(35-57,32-37-10-3-1-4-11-37)49(63)56-43(48(62)54-33-40-15-8-7-14-39(40)31-45(59)55-42)30-36-16-18-41(19-17-36)65-34-38-12-5-2-6-13-38/h1-8,10-21,42-43H,9,22-35,51H2,(H,52,58)(H,53,61)(H,54,62)(H,55,59)(H,56,63)/b21-20+/t42-,43-,50-/m0/s1. The quantitative estimate of drug-likeness (QED) is 0.109. The first kappa shape index (κ1) is 47.6. The van der Waals surface area contributed by atoms with Crippen LogP contribution in [0.5, 0.6) is 5.75 Å². The van der Waals surface area contributed by atoms with Crippen molar-refractivity contribution in [1.82, 2.24) is 31.5 Å². The molecule has 342 valence electrons. The highest BCUT2D eigenvalue weighted by molar-refractivity contribution is 5.97. The fourth-order valence-corrected chi connectivity index (χ4v) is 8.04. The third-order valence-electron chi connectivity index (χ3n) is 11.5. The topological polar surface area (TPSA) is 210 Å². The van der Waals surface area contributed by atoms with Gasteiger partial charge in [-0.15, -0.1) is 0 Å². The zero-order valence-corrected chi connectivity index (χ0v) is 36.6. The molecule has 0 unspecified atom stereocenters. The van der Waals surface area contributed by atoms with E-state index in [-0.39, 0.29) is 58.0 Å². The lowest BCUT2D eigenvalue weighted by atomic mass is 9.74. The summed E-state index contributed by atoms with van der Waals surface area (Å²) < 4.78 is 11.4. The Kier molecular flexibility index (Phi) is 17.8. The van der Waals surface area contributed by atoms with Gasteiger partial charge in [0.2, 0.25) is 35.4 Å². The van der Waals surface area contributed by atoms with Crippen molar-refractivity contribution >= 4 is 35.4 Å². The average Bonchev–Trinajstić information content (AvgIpc) is 3.32. The number of rotatable bonds is 13. The predicted octanol–water partition coefficient (Wildman–Crippen LogP) is 2.66. The summed E-state index contributed by atoms with van der Waals surface area (Å²) in [7, 11) is 0. The van der Waals surface area contributed by atoms with E-state index in [4.69, 9.17) is 15.2 Å². The number of hydrogen-bond acceptors (Lipinski definition) is 9. The van der Waals surface area contributed by atoms with E-state index in [2.05, 4.69) is 26.6 Å². The van der Waals surface area contributed by atoms with Gasteiger partial charge >= 0.3 is 0 Å². The summed E-state index contributed by atoms with van der Waals surface area (Å²) in [6.07, 6.45) is 3.66. The van der Waals surface area contributed by atoms with Crippen LogP contribution in [0.15, 0.2) is 121 Å². The summed E-state index contributed by atoms with van der Waals surface area (Å²) >= 11 is 0. The molecule has 0 saturated carbocycles. The molecule has 0 spiro atoms. The zero-order chi connectivity index (χ0) is 45.9. The lowest BCUT2D eigenvalue weighted by molar-refractivity contribution is -0.141. The van der Waals surface area contributed by atoms with Crippen LogP contribution in [0.1, 0.15) is 47.1 Å². The summed E-state index contributed by atoms with van der Waals surface area (Å²) in [6.45, 7) is 1.95. The molecule has 15 heteroatoms. The largest absolute Gasteiger partial charge is 0.489 e. The minimum absolute atomic E-state index is 0.0133. The fourth-order valence-electron chi connectivity index (χ4n) is 8.04. The number of ether oxygens (including phenoxy) is 2. The van der Waals surface area contributed by atoms with Gasteiger partial charge in [-0.3, -0.25) is 28.8 Å². The molecule has 4 aromatic rings. The molecule has 2 bridgehead atoms. The van der Waals surface area contributed by atoms with Crippen molar-refractivity contribution in [3.8, 4) is 5.75 Å². The van der Waals surface area contributed by atoms with Crippen molar-refractivity contribution in [3.63, 3.8) is 0 Å². The first-order chi connectivity index (χ1) is 31.6. The third kappa shape index (κ3) is 14.6. The maximum Gasteiger partial charge on any atom is 0.246 e. The highest BCUT2D eigenvalue weighted by Gasteiger charge is 2.44. The molecule has 4 aromatic carbocycles. The van der Waals surface area contributed by atoms with Gasteiger partial charge in [0.15, 0.2) is 0 Å². The van der Waals surface area contributed by atoms with E-state index in [1.807, 2.05) is 84.9 Å². The molecular formula is C50H59N7O8. The Hall–Kier alpha value is -6.84. The van der Waals surface area contributed by atoms with Crippen LogP contribution in [0.4, 0.5) is 0 Å². The number of nitrogens with zero attached hydrogens (tertiary/aromatic N) is 1. The molecule has 6 amide bonds. The van der Waals surface area contributed by atoms with Crippen LogP contribution < -0.4 is 37.1 Å². The Labute approximate surface area is 379 Å². The SMILES string of the molecule is NCCOCCNC(=O)[C@@H]1CCNC(=O)/C=C/C(=O)N2CCC[C@](Cc3ccccc3)(C2)C(=O)N[C@@H](Cc2ccc(OCc3ccccc3)cc2)C(=O)NCc2ccccc2CC(=O)N1. The maximum absolute atomic E-state index is 14.9. The molecule has 1 fully saturated rings. The van der Waals surface area contributed by atoms with Gasteiger partial charge in [0, 0.05) is 57.8 Å². The van der Waals surface area contributed by atoms with Gasteiger partial charge in [0.25, 0.3) is 0 Å². The van der Waals surface area contributed by atoms with Crippen molar-refractivity contribution < 1.29 is 38.2 Å². The lowest BCUT2D eigenvalue weighted by Crippen LogP contribution is -2.58. The van der Waals surface area contributed by atoms with Crippen LogP contribution in [-0.4, -0.2) is 98.4 Å². The molecule has 2 heterocycles. The van der Waals surface area contributed by atoms with E-state index in [0.717, 1.165) is 22.8 Å². The maximum atomic E-state index is 14.9. The summed E-state index contributed by atoms with van der Waals surface area (Å²) in [6, 6.07) is 31.9. The molecule has 2 aliphatic rings. The molecule has 7 N–H and O–H groups in total. The Morgan fingerprint density at radius 2 is 1.49 bits per heavy atom. The summed E-state index contributed by atoms with van der Waals surface area (Å²) in [5, 5.41) is 14.4. The van der Waals surface area contributed by atoms with E-state index >= 15 is 0 Å². The number of piperidine rings is 1. The zero-order valence-electron chi connectivity index (χ0n) is 36.6. The van der Waals surface area contributed by atoms with Gasteiger partial charge in [-0.25, -0.2) is 0 Å². The lowest BCUT2D eigenvalue weighted by Gasteiger charge is -2.42. The van der Waals surface area contributed by atoms with Gasteiger partial charge < -0.3 is 46.7 Å². The number of nitrogens with one attached hydrogen (secondary N) is 5. The molecule has 2 aliphatic heterocycles. The molecule has 3 atom stereocenters. The minimum atomic E-state index is -1.11. The van der Waals surface area contributed by atoms with E-state index < -0.39 is 47.0 Å². The van der Waals surface area contributed by atoms with E-state index in [9.17, 15) is 28.8 Å². The molecular weight excluding hydrogens is 827 g/mol. The average molecular weight is 886 g/mol. The van der Waals surface area contributed by atoms with Crippen molar-refractivity contribution in [3.05, 3.63) is 149 Å². The predicted molar refractivity (Wildman–Crippen MR) is 245 cm³/mol. The molecule has 65 heavy (non-hydrogen) atoms. The van der Waals surface area contributed by atoms with Crippen molar-refractivity contribution in [2.24, 2.45) is 11.1 Å². The van der Waals surface area contributed by atoms with Gasteiger partial charge in [-0.1, -0.05) is 97.1 Å². The number of nitrogens with two attached hydrogens (primary N) is 1. The fraction of sp³-hybridized carbons (Fsp3) is 0.360. The van der Waals surface area contributed by atoms with Crippen molar-refractivity contribution in [1.29, 1.82) is 0 Å². The molecule has 0 radical (unpaired) electrons. The van der Waals surface area contributed by atoms with Gasteiger partial charge in [0.05, 0.1) is 25.0 Å². The number of amides is 6. The van der Waals surface area contributed by atoms with Crippen molar-refractivity contribution in [2.75, 3.05) is 45.9 Å². The first-order valence-electron chi connectivity index (χ1n) is 22.2. The Morgan fingerprint density at radius 3 is 2.23 bits per heavy atom. The van der Waals surface area contributed by atoms with Gasteiger partial charge in [-0.2, -0.15) is 0 Å². The molecule has 15 nitrogen and oxygen atoms in total. The van der Waals surface area contributed by atoms with E-state index in [0.29, 0.717) is 62.4 Å². The van der Waals surface area contributed by atoms with Crippen molar-refractivity contribution in [2.45, 2.75) is 63.8 Å². The normalized spacial score (nSPS) is 20.6. The summed E-state index contributed by atoms with van der Waals surface area (Å²) in [5.74, 6) is -2.09. The minimum Gasteiger partial charge on any atom is -0.489 e. The Morgan fingerprint density at radius 1 is 0.785 bits per heavy atom. The van der Waals surface area contributed by atoms with Crippen LogP contribution in [0.3, 0.4) is 0 Å². The van der Waals surface area contributed by atoms with Gasteiger partial charge in [0.1, 0.15) is 24.4 Å². The second-order valence-corrected chi connectivity index (χ2v) is 16.3. The highest BCUT2D eigenvalue weighted by atomic mass is 16.5. The molecule has 0 aromatic heterocycles. The number of hydrogen-bond donors (Lipinski definition) is 6.